The third kappa shape index (κ3) is 52.8. The molecular weight excluding hydrogens is 1860 g/mol. The molecule has 0 atom stereocenters. The quantitative estimate of drug-likeness (QED) is 0.00740. The zero-order chi connectivity index (χ0) is 101. The van der Waals surface area contributed by atoms with Gasteiger partial charge in [-0.05, 0) is 290 Å². The zero-order valence-corrected chi connectivity index (χ0v) is 82.8. The molecule has 0 aliphatic carbocycles. The Morgan fingerprint density at radius 2 is 0.607 bits per heavy atom. The number of ether oxygens (including phenoxy) is 9. The van der Waals surface area contributed by atoms with Crippen molar-refractivity contribution < 1.29 is 104 Å². The van der Waals surface area contributed by atoms with Gasteiger partial charge >= 0.3 is 36.1 Å². The number of alkyl carbamates (subject to hydrolysis) is 2. The van der Waals surface area contributed by atoms with E-state index in [2.05, 4.69) is 49.4 Å². The summed E-state index contributed by atoms with van der Waals surface area (Å²) in [6, 6.07) is 56.0. The number of hydrogen-bond donors (Lipinski definition) is 10. The van der Waals surface area contributed by atoms with Crippen molar-refractivity contribution >= 4 is 136 Å². The molecule has 0 saturated heterocycles. The largest absolute Gasteiger partial charge is 0.478 e. The van der Waals surface area contributed by atoms with Crippen LogP contribution in [-0.4, -0.2) is 188 Å². The number of esters is 3. The Morgan fingerprint density at radius 1 is 0.378 bits per heavy atom. The third-order valence-corrected chi connectivity index (χ3v) is 18.3. The van der Waals surface area contributed by atoms with E-state index in [1.54, 1.807) is 236 Å². The second-order valence-corrected chi connectivity index (χ2v) is 34.2. The van der Waals surface area contributed by atoms with Gasteiger partial charge in [0.2, 0.25) is 0 Å². The van der Waals surface area contributed by atoms with Crippen molar-refractivity contribution in [3.05, 3.63) is 259 Å². The predicted molar refractivity (Wildman–Crippen MR) is 540 cm³/mol. The molecular formula is C100H137Cl5N8O21S. The lowest BCUT2D eigenvalue weighted by molar-refractivity contribution is -0.159. The van der Waals surface area contributed by atoms with E-state index in [4.69, 9.17) is 108 Å². The number of aliphatic hydroxyl groups is 1. The Labute approximate surface area is 830 Å². The van der Waals surface area contributed by atoms with Crippen molar-refractivity contribution in [2.24, 2.45) is 5.73 Å². The summed E-state index contributed by atoms with van der Waals surface area (Å²) >= 11 is 27.9. The molecule has 6 amide bonds. The van der Waals surface area contributed by atoms with Crippen LogP contribution in [0.1, 0.15) is 199 Å². The molecule has 8 rings (SSSR count). The molecule has 35 heteroatoms. The summed E-state index contributed by atoms with van der Waals surface area (Å²) in [5.41, 5.74) is 7.23. The molecule has 0 saturated carbocycles. The summed E-state index contributed by atoms with van der Waals surface area (Å²) < 4.78 is 60.2. The smallest absolute Gasteiger partial charge is 0.407 e. The number of carbonyl (C=O) groups excluding carboxylic acids is 9. The number of carbonyl (C=O) groups is 10. The van der Waals surface area contributed by atoms with Gasteiger partial charge in [-0.15, -0.1) is 12.4 Å². The lowest BCUT2D eigenvalue weighted by atomic mass is 10.1. The molecule has 11 N–H and O–H groups in total. The van der Waals surface area contributed by atoms with Gasteiger partial charge in [0.05, 0.1) is 18.6 Å². The van der Waals surface area contributed by atoms with Gasteiger partial charge in [0, 0.05) is 90.9 Å². The number of benzene rings is 8. The molecule has 29 nitrogen and oxygen atoms in total. The Kier molecular flexibility index (Phi) is 58.0. The Balaban J connectivity index is 0. The molecule has 0 spiro atoms. The number of hydrogen-bond acceptors (Lipinski definition) is 22. The number of nitrogens with one attached hydrogen (secondary N) is 7. The molecule has 8 aromatic carbocycles. The number of amides is 6. The van der Waals surface area contributed by atoms with Gasteiger partial charge in [-0.25, -0.2) is 28.8 Å². The lowest BCUT2D eigenvalue weighted by Gasteiger charge is -2.24. The fraction of sp³-hybridized carbons (Fsp3) is 0.410. The minimum atomic E-state index is -1.28. The lowest BCUT2D eigenvalue weighted by Crippen LogP contribution is -2.41. The zero-order valence-electron chi connectivity index (χ0n) is 80.1. The highest BCUT2D eigenvalue weighted by Gasteiger charge is 2.35. The normalized spacial score (nSPS) is 10.7. The molecule has 0 aromatic heterocycles. The molecule has 0 heterocycles. The van der Waals surface area contributed by atoms with E-state index in [1.165, 1.54) is 26.7 Å². The molecule has 135 heavy (non-hydrogen) atoms. The van der Waals surface area contributed by atoms with E-state index in [1.807, 2.05) is 48.5 Å². The van der Waals surface area contributed by atoms with Crippen LogP contribution in [0, 0.1) is 0 Å². The van der Waals surface area contributed by atoms with Crippen LogP contribution in [0.15, 0.2) is 194 Å². The first-order valence-electron chi connectivity index (χ1n) is 43.6. The standard InChI is InChI=1S/C26H33ClN2O6.C22H25ClN2O4S.C21H25ClN2O4.C19H20ClNO4.C7H15NO3.C2H6.3CH4.ClH/c1-25(2,3)35-24(32)29-16-17-33-23(31)26(4,5)34-21-12-6-18(7-13-21)14-15-28-22(30)19-8-10-20(27)11-9-19;1-22(2,21(27)28-14-13-24-15-30)29-19-9-3-16(4-10-19)11-12-25-20(26)17-5-7-18(23)8-6-17;1-21(2,20(26)27-14-12-23)28-18-9-3-15(4-10-18)11-13-24-19(25)16-5-7-17(22)8-6-16;1-19(2,18(23)24)25-16-9-3-13(4-10-16)11-12-21-17(22)14-5-7-15(20)8-6-14;1-7(2,3)11-6(10)8-4-5-9;1-2;;;;/h6-13H,14-17H2,1-5H3,(H,28,30)(H,29,32);3-10,15H,11-14H2,1-2H3,(H,24,30)(H,25,26);3-10H,11-14,23H2,1-2H3,(H,24,25);3-10H,11-12H2,1-2H3,(H,21,22)(H,23,24);9H,4-5H2,1-3H3,(H,8,10);1-2H3;3*1H4;1H/i;;;;;1D;1T;;;. The van der Waals surface area contributed by atoms with E-state index in [9.17, 15) is 47.9 Å². The van der Waals surface area contributed by atoms with E-state index in [-0.39, 0.29) is 97.0 Å². The average molecular weight is 2000 g/mol. The number of carboxylic acids is 1. The van der Waals surface area contributed by atoms with Crippen LogP contribution in [0.4, 0.5) is 9.59 Å². The summed E-state index contributed by atoms with van der Waals surface area (Å²) in [5.74, 6) is -1.00. The topological polar surface area (TPSA) is 404 Å². The van der Waals surface area contributed by atoms with Crippen molar-refractivity contribution in [3.8, 4) is 23.0 Å². The summed E-state index contributed by atoms with van der Waals surface area (Å²) in [6.45, 7) is 29.1. The number of thiocarbonyl (C=S) groups is 1. The van der Waals surface area contributed by atoms with Crippen LogP contribution in [0.3, 0.4) is 0 Å². The van der Waals surface area contributed by atoms with Gasteiger partial charge in [0.1, 0.15) is 54.0 Å². The number of aliphatic hydroxyl groups excluding tert-OH is 1. The molecule has 8 aromatic rings. The molecule has 0 aliphatic rings. The monoisotopic (exact) mass is 2000 g/mol. The van der Waals surface area contributed by atoms with Crippen LogP contribution in [0.5, 0.6) is 23.0 Å². The number of aliphatic carboxylic acids is 1. The van der Waals surface area contributed by atoms with Crippen molar-refractivity contribution in [2.45, 2.75) is 192 Å². The summed E-state index contributed by atoms with van der Waals surface area (Å²) in [4.78, 5) is 118. The first-order chi connectivity index (χ1) is 63.1. The number of nitrogens with two attached hydrogens (primary N) is 1. The Bertz CT molecular complexity index is 4890. The highest BCUT2D eigenvalue weighted by Crippen LogP contribution is 2.26. The van der Waals surface area contributed by atoms with E-state index in [0.29, 0.717) is 131 Å². The molecule has 0 unspecified atom stereocenters. The summed E-state index contributed by atoms with van der Waals surface area (Å²) in [5, 5.41) is 38.9. The summed E-state index contributed by atoms with van der Waals surface area (Å²) in [6.07, 6.45) is 1.55. The van der Waals surface area contributed by atoms with Gasteiger partial charge in [0.25, 0.3) is 23.6 Å². The molecule has 0 radical (unpaired) electrons. The van der Waals surface area contributed by atoms with Crippen LogP contribution in [0.25, 0.3) is 0 Å². The predicted octanol–water partition coefficient (Wildman–Crippen LogP) is 18.5. The third-order valence-electron chi connectivity index (χ3n) is 17.1. The second-order valence-electron chi connectivity index (χ2n) is 32.2. The first-order valence-corrected chi connectivity index (χ1v) is 43.8. The highest BCUT2D eigenvalue weighted by molar-refractivity contribution is 7.78. The SMILES string of the molecule is C.C.CC(C)(C)OC(=O)NCCO.CC(C)(C)OC(=O)NCCOC(=O)C(C)(C)Oc1ccc(CCNC(=O)c2ccc(Cl)cc2)cc1.CC(C)(Oc1ccc(CCNC(=O)c2ccc(Cl)cc2)cc1)C(=O)O.CC(C)(Oc1ccc(CCNC(=O)c2ccc(Cl)cc2)cc1)C(=O)OCCN.CC(C)(Oc1ccc(CCNC(=O)c2ccc(Cl)cc2)cc1)C(=O)OCCNC=S.Cl.[2H]CC.[3H]C. The number of carboxylic acid groups (broad SMARTS) is 1. The van der Waals surface area contributed by atoms with Gasteiger partial charge in [-0.2, -0.15) is 0 Å². The van der Waals surface area contributed by atoms with E-state index in [0.717, 1.165) is 22.3 Å². The fourth-order valence-corrected chi connectivity index (χ4v) is 11.0. The summed E-state index contributed by atoms with van der Waals surface area (Å²) in [7, 11) is 1.25. The minimum Gasteiger partial charge on any atom is -0.478 e. The maximum absolute atomic E-state index is 12.4. The maximum atomic E-state index is 12.4. The molecule has 0 bridgehead atoms. The van der Waals surface area contributed by atoms with Crippen molar-refractivity contribution in [2.75, 3.05) is 78.8 Å². The molecule has 0 fully saturated rings. The van der Waals surface area contributed by atoms with Crippen LogP contribution in [0.2, 0.25) is 20.1 Å². The fourth-order valence-electron chi connectivity index (χ4n) is 10.4. The average Bonchev–Trinajstić information content (AvgIpc) is 0.850. The number of rotatable bonds is 39. The first kappa shape index (κ1) is 122. The van der Waals surface area contributed by atoms with Gasteiger partial charge in [0.15, 0.2) is 22.4 Å². The van der Waals surface area contributed by atoms with E-state index < -0.39 is 69.7 Å². The van der Waals surface area contributed by atoms with Gasteiger partial charge in [-0.3, -0.25) is 19.2 Å². The Hall–Kier alpha value is -11.5. The second kappa shape index (κ2) is 64.5. The number of halogens is 5. The van der Waals surface area contributed by atoms with E-state index >= 15 is 0 Å². The van der Waals surface area contributed by atoms with Crippen molar-refractivity contribution in [1.29, 1.82) is 0 Å². The van der Waals surface area contributed by atoms with Crippen LogP contribution in [-0.2, 0) is 68.5 Å². The van der Waals surface area contributed by atoms with Crippen molar-refractivity contribution in [1.82, 2.24) is 37.2 Å². The molecule has 0 aliphatic heterocycles. The Morgan fingerprint density at radius 3 is 0.830 bits per heavy atom. The van der Waals surface area contributed by atoms with Gasteiger partial charge in [-0.1, -0.05) is 143 Å². The van der Waals surface area contributed by atoms with Crippen molar-refractivity contribution in [3.63, 3.8) is 0 Å². The molecule has 744 valence electrons. The highest BCUT2D eigenvalue weighted by atomic mass is 35.5. The van der Waals surface area contributed by atoms with Gasteiger partial charge < -0.3 is 95.8 Å². The van der Waals surface area contributed by atoms with Crippen LogP contribution < -0.4 is 61.9 Å². The maximum Gasteiger partial charge on any atom is 0.407 e. The minimum absolute atomic E-state index is 0. The van der Waals surface area contributed by atoms with Crippen LogP contribution >= 0.6 is 71.0 Å².